The van der Waals surface area contributed by atoms with Gasteiger partial charge >= 0.3 is 11.8 Å². The van der Waals surface area contributed by atoms with Gasteiger partial charge in [-0.05, 0) is 72.6 Å². The Morgan fingerprint density at radius 1 is 0.821 bits per heavy atom. The van der Waals surface area contributed by atoms with Crippen LogP contribution >= 0.6 is 15.9 Å². The maximum absolute atomic E-state index is 13.2. The van der Waals surface area contributed by atoms with E-state index in [0.717, 1.165) is 10.0 Å². The predicted molar refractivity (Wildman–Crippen MR) is 151 cm³/mol. The molecule has 0 aliphatic rings. The number of aromatic nitrogens is 1. The number of methoxy groups -OCH3 is 3. The molecule has 0 atom stereocenters. The Bertz CT molecular complexity index is 1520. The quantitative estimate of drug-likeness (QED) is 0.251. The first-order valence-corrected chi connectivity index (χ1v) is 12.7. The highest BCUT2D eigenvalue weighted by molar-refractivity contribution is 9.10. The summed E-state index contributed by atoms with van der Waals surface area (Å²) in [5, 5.41) is 6.10. The van der Waals surface area contributed by atoms with Gasteiger partial charge in [0.2, 0.25) is 0 Å². The summed E-state index contributed by atoms with van der Waals surface area (Å²) in [6, 6.07) is 19.2. The Morgan fingerprint density at radius 2 is 1.56 bits per heavy atom. The first-order chi connectivity index (χ1) is 18.8. The van der Waals surface area contributed by atoms with E-state index in [2.05, 4.69) is 32.0 Å². The number of hydrogen-bond acceptors (Lipinski definition) is 6. The van der Waals surface area contributed by atoms with E-state index in [4.69, 9.17) is 14.2 Å². The van der Waals surface area contributed by atoms with Gasteiger partial charge in [-0.1, -0.05) is 22.0 Å². The number of nitrogens with zero attached hydrogens (tertiary/aromatic N) is 1. The first kappa shape index (κ1) is 27.5. The van der Waals surface area contributed by atoms with E-state index >= 15 is 0 Å². The molecule has 0 fully saturated rings. The summed E-state index contributed by atoms with van der Waals surface area (Å²) < 4.78 is 17.8. The topological polar surface area (TPSA) is 120 Å². The van der Waals surface area contributed by atoms with E-state index < -0.39 is 17.7 Å². The van der Waals surface area contributed by atoms with Crippen LogP contribution < -0.4 is 30.3 Å². The molecule has 0 saturated heterocycles. The van der Waals surface area contributed by atoms with Gasteiger partial charge in [0.15, 0.2) is 11.5 Å². The van der Waals surface area contributed by atoms with Gasteiger partial charge in [-0.25, -0.2) is 4.68 Å². The van der Waals surface area contributed by atoms with Crippen molar-refractivity contribution < 1.29 is 28.6 Å². The largest absolute Gasteiger partial charge is 0.497 e. The first-order valence-electron chi connectivity index (χ1n) is 11.9. The molecule has 1 aromatic heterocycles. The molecular weight excluding hydrogens is 568 g/mol. The van der Waals surface area contributed by atoms with Crippen LogP contribution in [0.4, 0.5) is 5.69 Å². The summed E-state index contributed by atoms with van der Waals surface area (Å²) in [5.74, 6) is -0.400. The van der Waals surface area contributed by atoms with Gasteiger partial charge in [-0.2, -0.15) is 0 Å². The average molecular weight is 595 g/mol. The second kappa shape index (κ2) is 12.4. The zero-order valence-electron chi connectivity index (χ0n) is 21.5. The molecule has 11 heteroatoms. The fourth-order valence-corrected chi connectivity index (χ4v) is 4.31. The lowest BCUT2D eigenvalue weighted by molar-refractivity contribution is -0.136. The van der Waals surface area contributed by atoms with E-state index in [0.29, 0.717) is 40.3 Å². The summed E-state index contributed by atoms with van der Waals surface area (Å²) in [7, 11) is 4.65. The maximum atomic E-state index is 13.2. The number of hydrogen-bond donors (Lipinski definition) is 3. The predicted octanol–water partition coefficient (Wildman–Crippen LogP) is 4.11. The number of anilines is 1. The molecule has 0 radical (unpaired) electrons. The number of benzene rings is 3. The van der Waals surface area contributed by atoms with Crippen molar-refractivity contribution in [3.8, 4) is 17.2 Å². The lowest BCUT2D eigenvalue weighted by Crippen LogP contribution is -2.40. The molecule has 0 unspecified atom stereocenters. The lowest BCUT2D eigenvalue weighted by Gasteiger charge is -2.13. The van der Waals surface area contributed by atoms with Crippen LogP contribution in [0, 0.1) is 0 Å². The molecule has 202 valence electrons. The minimum absolute atomic E-state index is 0.144. The molecule has 0 saturated carbocycles. The molecule has 1 heterocycles. The Morgan fingerprint density at radius 3 is 2.26 bits per heavy atom. The number of rotatable bonds is 9. The van der Waals surface area contributed by atoms with Gasteiger partial charge in [0.05, 0.1) is 26.8 Å². The summed E-state index contributed by atoms with van der Waals surface area (Å²) in [6.45, 7) is 0.214. The summed E-state index contributed by atoms with van der Waals surface area (Å²) in [4.78, 5) is 38.6. The van der Waals surface area contributed by atoms with E-state index in [1.165, 1.54) is 4.68 Å². The zero-order valence-corrected chi connectivity index (χ0v) is 23.1. The Labute approximate surface area is 233 Å². The molecule has 0 bridgehead atoms. The minimum atomic E-state index is -0.916. The summed E-state index contributed by atoms with van der Waals surface area (Å²) in [6.07, 6.45) is 0.468. The van der Waals surface area contributed by atoms with Gasteiger partial charge in [-0.3, -0.25) is 19.8 Å². The van der Waals surface area contributed by atoms with Gasteiger partial charge in [0.25, 0.3) is 5.91 Å². The maximum Gasteiger partial charge on any atom is 0.328 e. The van der Waals surface area contributed by atoms with Crippen LogP contribution in [0.2, 0.25) is 0 Å². The number of carbonyl (C=O) groups excluding carboxylic acids is 3. The lowest BCUT2D eigenvalue weighted by atomic mass is 10.1. The normalized spacial score (nSPS) is 10.6. The van der Waals surface area contributed by atoms with Gasteiger partial charge < -0.3 is 24.8 Å². The van der Waals surface area contributed by atoms with Crippen molar-refractivity contribution in [2.45, 2.75) is 6.42 Å². The van der Waals surface area contributed by atoms with Crippen molar-refractivity contribution in [1.82, 2.24) is 9.99 Å². The fourth-order valence-electron chi connectivity index (χ4n) is 3.93. The minimum Gasteiger partial charge on any atom is -0.497 e. The monoisotopic (exact) mass is 594 g/mol. The molecule has 3 amide bonds. The molecule has 4 rings (SSSR count). The van der Waals surface area contributed by atoms with Crippen molar-refractivity contribution in [3.63, 3.8) is 0 Å². The second-order valence-corrected chi connectivity index (χ2v) is 9.30. The smallest absolute Gasteiger partial charge is 0.328 e. The van der Waals surface area contributed by atoms with Crippen molar-refractivity contribution in [2.24, 2.45) is 0 Å². The highest BCUT2D eigenvalue weighted by Gasteiger charge is 2.21. The SMILES string of the molecule is COc1ccc(NC(=O)c2cc3cc(Br)ccc3n2NC(=O)C(=O)NCCc2ccc(OC)c(OC)c2)cc1. The van der Waals surface area contributed by atoms with Crippen molar-refractivity contribution >= 4 is 50.2 Å². The van der Waals surface area contributed by atoms with Crippen molar-refractivity contribution in [2.75, 3.05) is 38.6 Å². The van der Waals surface area contributed by atoms with Crippen molar-refractivity contribution in [1.29, 1.82) is 0 Å². The standard InChI is InChI=1S/C28H27BrN4O6/c1-37-21-8-6-20(7-9-21)31-26(34)23-16-18-15-19(29)5-10-22(18)33(23)32-28(36)27(35)30-13-12-17-4-11-24(38-2)25(14-17)39-3/h4-11,14-16H,12-13H2,1-3H3,(H,30,35)(H,31,34)(H,32,36). The van der Waals surface area contributed by atoms with Crippen LogP contribution in [0.25, 0.3) is 10.9 Å². The van der Waals surface area contributed by atoms with Crippen LogP contribution in [-0.2, 0) is 16.0 Å². The molecule has 10 nitrogen and oxygen atoms in total. The molecule has 4 aromatic rings. The van der Waals surface area contributed by atoms with Crippen LogP contribution in [0.3, 0.4) is 0 Å². The molecular formula is C28H27BrN4O6. The third-order valence-electron chi connectivity index (χ3n) is 5.91. The average Bonchev–Trinajstić information content (AvgIpc) is 3.30. The van der Waals surface area contributed by atoms with Gasteiger partial charge in [0.1, 0.15) is 11.4 Å². The third kappa shape index (κ3) is 6.50. The number of amides is 3. The van der Waals surface area contributed by atoms with Gasteiger partial charge in [0, 0.05) is 22.1 Å². The zero-order chi connectivity index (χ0) is 27.9. The Balaban J connectivity index is 1.47. The van der Waals surface area contributed by atoms with Crippen molar-refractivity contribution in [3.05, 3.63) is 82.5 Å². The molecule has 39 heavy (non-hydrogen) atoms. The van der Waals surface area contributed by atoms with E-state index in [1.807, 2.05) is 18.2 Å². The third-order valence-corrected chi connectivity index (χ3v) is 6.40. The van der Waals surface area contributed by atoms with Gasteiger partial charge in [-0.15, -0.1) is 0 Å². The molecule has 3 aromatic carbocycles. The van der Waals surface area contributed by atoms with Crippen LogP contribution in [0.5, 0.6) is 17.2 Å². The Kier molecular flexibility index (Phi) is 8.72. The van der Waals surface area contributed by atoms with E-state index in [9.17, 15) is 14.4 Å². The van der Waals surface area contributed by atoms with E-state index in [-0.39, 0.29) is 12.2 Å². The Hall–Kier alpha value is -4.51. The summed E-state index contributed by atoms with van der Waals surface area (Å²) in [5.41, 5.74) is 4.68. The second-order valence-electron chi connectivity index (χ2n) is 8.39. The number of carbonyl (C=O) groups is 3. The summed E-state index contributed by atoms with van der Waals surface area (Å²) >= 11 is 3.42. The van der Waals surface area contributed by atoms with Crippen LogP contribution in [0.15, 0.2) is 71.2 Å². The molecule has 3 N–H and O–H groups in total. The number of halogens is 1. The fraction of sp³-hybridized carbons (Fsp3) is 0.179. The van der Waals surface area contributed by atoms with Crippen LogP contribution in [0.1, 0.15) is 16.1 Å². The molecule has 0 aliphatic carbocycles. The molecule has 0 aliphatic heterocycles. The van der Waals surface area contributed by atoms with Crippen LogP contribution in [-0.4, -0.2) is 50.3 Å². The highest BCUT2D eigenvalue weighted by atomic mass is 79.9. The highest BCUT2D eigenvalue weighted by Crippen LogP contribution is 2.28. The molecule has 0 spiro atoms. The number of nitrogens with one attached hydrogen (secondary N) is 3. The number of fused-ring (bicyclic) bond motifs is 1. The number of ether oxygens (including phenoxy) is 3. The van der Waals surface area contributed by atoms with E-state index in [1.54, 1.807) is 69.9 Å².